The summed E-state index contributed by atoms with van der Waals surface area (Å²) in [6.45, 7) is 5.20. The van der Waals surface area contributed by atoms with Crippen LogP contribution in [-0.4, -0.2) is 41.1 Å². The Morgan fingerprint density at radius 2 is 1.91 bits per heavy atom. The third-order valence-corrected chi connectivity index (χ3v) is 7.21. The normalized spacial score (nSPS) is 20.0. The van der Waals surface area contributed by atoms with Crippen molar-refractivity contribution in [2.45, 2.75) is 64.3 Å². The second kappa shape index (κ2) is 9.21. The minimum atomic E-state index is -1.20. The van der Waals surface area contributed by atoms with E-state index in [4.69, 9.17) is 14.6 Å². The molecule has 2 aromatic rings. The molecule has 1 saturated carbocycles. The lowest BCUT2D eigenvalue weighted by atomic mass is 9.77. The zero-order valence-electron chi connectivity index (χ0n) is 19.6. The summed E-state index contributed by atoms with van der Waals surface area (Å²) in [4.78, 5) is 24.3. The fourth-order valence-corrected chi connectivity index (χ4v) is 5.56. The highest BCUT2D eigenvalue weighted by atomic mass is 16.5. The number of unbranched alkanes of at least 4 members (excludes halogenated alkanes) is 3. The molecule has 1 aromatic carbocycles. The van der Waals surface area contributed by atoms with Gasteiger partial charge in [-0.1, -0.05) is 20.3 Å². The number of hydrogen-bond donors (Lipinski definition) is 2. The van der Waals surface area contributed by atoms with Gasteiger partial charge in [-0.05, 0) is 55.2 Å². The first-order valence-corrected chi connectivity index (χ1v) is 11.7. The molecule has 1 aliphatic carbocycles. The molecule has 2 aliphatic rings. The second-order valence-electron chi connectivity index (χ2n) is 9.80. The van der Waals surface area contributed by atoms with Crippen LogP contribution < -0.4 is 14.9 Å². The van der Waals surface area contributed by atoms with Crippen LogP contribution in [0.1, 0.15) is 80.3 Å². The number of hydrogen-bond acceptors (Lipinski definition) is 5. The van der Waals surface area contributed by atoms with Crippen LogP contribution in [0.2, 0.25) is 0 Å². The highest BCUT2D eigenvalue weighted by Gasteiger charge is 2.47. The molecule has 1 aliphatic heterocycles. The number of aromatic carboxylic acids is 1. The van der Waals surface area contributed by atoms with E-state index in [-0.39, 0.29) is 29.5 Å². The molecule has 1 aromatic heterocycles. The van der Waals surface area contributed by atoms with Crippen molar-refractivity contribution in [2.24, 2.45) is 5.41 Å². The van der Waals surface area contributed by atoms with Crippen molar-refractivity contribution < 1.29 is 24.5 Å². The van der Waals surface area contributed by atoms with Gasteiger partial charge in [0.2, 0.25) is 0 Å². The van der Waals surface area contributed by atoms with Gasteiger partial charge in [-0.3, -0.25) is 4.79 Å². The van der Waals surface area contributed by atoms with E-state index in [1.165, 1.54) is 12.3 Å². The molecule has 7 heteroatoms. The van der Waals surface area contributed by atoms with Gasteiger partial charge < -0.3 is 24.3 Å². The van der Waals surface area contributed by atoms with Crippen LogP contribution in [0.25, 0.3) is 11.3 Å². The first-order chi connectivity index (χ1) is 15.8. The summed E-state index contributed by atoms with van der Waals surface area (Å²) < 4.78 is 13.7. The number of benzene rings is 1. The topological polar surface area (TPSA) is 98.0 Å². The number of pyridine rings is 1. The Morgan fingerprint density at radius 1 is 1.15 bits per heavy atom. The lowest BCUT2D eigenvalue weighted by Crippen LogP contribution is -2.32. The molecule has 178 valence electrons. The van der Waals surface area contributed by atoms with Crippen molar-refractivity contribution in [1.82, 2.24) is 4.57 Å². The molecule has 0 unspecified atom stereocenters. The Kier molecular flexibility index (Phi) is 6.52. The molecule has 33 heavy (non-hydrogen) atoms. The maximum Gasteiger partial charge on any atom is 0.341 e. The van der Waals surface area contributed by atoms with Crippen LogP contribution in [-0.2, 0) is 0 Å². The van der Waals surface area contributed by atoms with Crippen LogP contribution in [0.15, 0.2) is 29.2 Å². The highest BCUT2D eigenvalue weighted by Crippen LogP contribution is 2.59. The van der Waals surface area contributed by atoms with Gasteiger partial charge >= 0.3 is 5.97 Å². The number of fused-ring (bicyclic) bond motifs is 6. The van der Waals surface area contributed by atoms with Crippen LogP contribution in [0.4, 0.5) is 0 Å². The predicted octanol–water partition coefficient (Wildman–Crippen LogP) is 4.61. The zero-order valence-corrected chi connectivity index (χ0v) is 19.6. The van der Waals surface area contributed by atoms with Crippen LogP contribution in [0, 0.1) is 5.41 Å². The molecule has 4 rings (SSSR count). The molecule has 0 bridgehead atoms. The number of carboxylic acids is 1. The molecule has 0 amide bonds. The van der Waals surface area contributed by atoms with Gasteiger partial charge in [0, 0.05) is 36.4 Å². The van der Waals surface area contributed by atoms with E-state index in [0.717, 1.165) is 55.3 Å². The Labute approximate surface area is 194 Å². The standard InChI is InChI=1S/C26H33NO6/c1-26(2)9-8-16-17-12-23(33-11-7-5-4-6-10-28)22(32-3)13-18(17)20-14-21(29)19(25(30)31)15-27(20)24(16)26/h12-16,24,28H,4-11H2,1-3H3,(H,30,31)/t16-,24+/m1/s1. The molecule has 2 N–H and O–H groups in total. The molecule has 0 saturated heterocycles. The maximum atomic E-state index is 12.6. The third kappa shape index (κ3) is 4.26. The maximum absolute atomic E-state index is 12.6. The number of rotatable bonds is 9. The predicted molar refractivity (Wildman–Crippen MR) is 125 cm³/mol. The number of ether oxygens (including phenoxy) is 2. The SMILES string of the molecule is COc1cc2c(cc1OCCCCCCO)[C@H]1CCC(C)(C)[C@H]1n1cc(C(=O)O)c(=O)cc1-2. The number of methoxy groups -OCH3 is 1. The van der Waals surface area contributed by atoms with E-state index in [1.807, 2.05) is 10.6 Å². The van der Waals surface area contributed by atoms with Gasteiger partial charge in [0.1, 0.15) is 5.56 Å². The van der Waals surface area contributed by atoms with E-state index >= 15 is 0 Å². The smallest absolute Gasteiger partial charge is 0.341 e. The van der Waals surface area contributed by atoms with E-state index in [2.05, 4.69) is 19.9 Å². The van der Waals surface area contributed by atoms with Crippen molar-refractivity contribution in [1.29, 1.82) is 0 Å². The lowest BCUT2D eigenvalue weighted by molar-refractivity contribution is 0.0693. The molecule has 2 heterocycles. The summed E-state index contributed by atoms with van der Waals surface area (Å²) >= 11 is 0. The average Bonchev–Trinajstić information content (AvgIpc) is 3.10. The largest absolute Gasteiger partial charge is 0.493 e. The van der Waals surface area contributed by atoms with E-state index in [9.17, 15) is 14.7 Å². The molecule has 0 radical (unpaired) electrons. The van der Waals surface area contributed by atoms with Gasteiger partial charge in [0.25, 0.3) is 0 Å². The lowest BCUT2D eigenvalue weighted by Gasteiger charge is -2.40. The fourth-order valence-electron chi connectivity index (χ4n) is 5.56. The zero-order chi connectivity index (χ0) is 23.8. The summed E-state index contributed by atoms with van der Waals surface area (Å²) in [7, 11) is 1.60. The van der Waals surface area contributed by atoms with E-state index < -0.39 is 11.4 Å². The summed E-state index contributed by atoms with van der Waals surface area (Å²) in [5, 5.41) is 18.5. The first-order valence-electron chi connectivity index (χ1n) is 11.7. The number of aliphatic hydroxyl groups excluding tert-OH is 1. The summed E-state index contributed by atoms with van der Waals surface area (Å²) in [5.41, 5.74) is 2.02. The Hall–Kier alpha value is -2.80. The van der Waals surface area contributed by atoms with Crippen molar-refractivity contribution in [3.63, 3.8) is 0 Å². The molecule has 0 spiro atoms. The Balaban J connectivity index is 1.76. The number of aromatic nitrogens is 1. The summed E-state index contributed by atoms with van der Waals surface area (Å²) in [6.07, 6.45) is 7.18. The monoisotopic (exact) mass is 455 g/mol. The van der Waals surface area contributed by atoms with Crippen LogP contribution in [0.3, 0.4) is 0 Å². The van der Waals surface area contributed by atoms with Crippen LogP contribution in [0.5, 0.6) is 11.5 Å². The van der Waals surface area contributed by atoms with Gasteiger partial charge in [0.05, 0.1) is 19.4 Å². The fraction of sp³-hybridized carbons (Fsp3) is 0.538. The summed E-state index contributed by atoms with van der Waals surface area (Å²) in [5.74, 6) is 0.291. The number of carbonyl (C=O) groups is 1. The summed E-state index contributed by atoms with van der Waals surface area (Å²) in [6, 6.07) is 5.48. The van der Waals surface area contributed by atoms with Crippen molar-refractivity contribution in [2.75, 3.05) is 20.3 Å². The Morgan fingerprint density at radius 3 is 2.61 bits per heavy atom. The van der Waals surface area contributed by atoms with Crippen LogP contribution >= 0.6 is 0 Å². The molecule has 2 atom stereocenters. The van der Waals surface area contributed by atoms with Crippen molar-refractivity contribution in [3.8, 4) is 22.8 Å². The van der Waals surface area contributed by atoms with Crippen molar-refractivity contribution >= 4 is 5.97 Å². The third-order valence-electron chi connectivity index (χ3n) is 7.21. The minimum absolute atomic E-state index is 0.0460. The average molecular weight is 456 g/mol. The Bertz CT molecular complexity index is 1100. The first kappa shape index (κ1) is 23.4. The molecule has 7 nitrogen and oxygen atoms in total. The van der Waals surface area contributed by atoms with Gasteiger partial charge in [-0.15, -0.1) is 0 Å². The highest BCUT2D eigenvalue weighted by molar-refractivity contribution is 5.88. The van der Waals surface area contributed by atoms with Gasteiger partial charge in [0.15, 0.2) is 16.9 Å². The quantitative estimate of drug-likeness (QED) is 0.536. The number of carboxylic acid groups (broad SMARTS) is 1. The second-order valence-corrected chi connectivity index (χ2v) is 9.80. The van der Waals surface area contributed by atoms with Gasteiger partial charge in [-0.25, -0.2) is 4.79 Å². The molecular weight excluding hydrogens is 422 g/mol. The number of nitrogens with zero attached hydrogens (tertiary/aromatic N) is 1. The number of aliphatic hydroxyl groups is 1. The molecule has 1 fully saturated rings. The van der Waals surface area contributed by atoms with E-state index in [1.54, 1.807) is 7.11 Å². The van der Waals surface area contributed by atoms with E-state index in [0.29, 0.717) is 18.1 Å². The minimum Gasteiger partial charge on any atom is -0.493 e. The van der Waals surface area contributed by atoms with Crippen molar-refractivity contribution in [3.05, 3.63) is 45.7 Å². The van der Waals surface area contributed by atoms with Gasteiger partial charge in [-0.2, -0.15) is 0 Å². The molecular formula is C26H33NO6.